The lowest BCUT2D eigenvalue weighted by Gasteiger charge is -2.72. The third kappa shape index (κ3) is 5.29. The second-order valence-electron chi connectivity index (χ2n) is 19.0. The van der Waals surface area contributed by atoms with Gasteiger partial charge in [-0.15, -0.1) is 0 Å². The van der Waals surface area contributed by atoms with Gasteiger partial charge in [-0.1, -0.05) is 66.7 Å². The highest BCUT2D eigenvalue weighted by atomic mass is 16.5. The summed E-state index contributed by atoms with van der Waals surface area (Å²) in [5.41, 5.74) is 4.36. The highest BCUT2D eigenvalue weighted by molar-refractivity contribution is 5.88. The van der Waals surface area contributed by atoms with Crippen LogP contribution >= 0.6 is 0 Å². The summed E-state index contributed by atoms with van der Waals surface area (Å²) in [6.07, 6.45) is 17.4. The summed E-state index contributed by atoms with van der Waals surface area (Å²) < 4.78 is 5.87. The molecule has 5 nitrogen and oxygen atoms in total. The Labute approximate surface area is 291 Å². The minimum absolute atomic E-state index is 0.0502. The number of carbonyl (C=O) groups is 1. The number of hydrogen-bond donors (Lipinski definition) is 3. The molecular formula is C43H66N2O3. The zero-order chi connectivity index (χ0) is 34.1. The highest BCUT2D eigenvalue weighted by Gasteiger charge is 2.70. The predicted molar refractivity (Wildman–Crippen MR) is 196 cm³/mol. The molecule has 1 aromatic rings. The minimum Gasteiger partial charge on any atom is -0.478 e. The lowest BCUT2D eigenvalue weighted by atomic mass is 9.33. The number of ether oxygens (including phenoxy) is 1. The minimum atomic E-state index is -0.850. The van der Waals surface area contributed by atoms with Crippen LogP contribution in [0.4, 0.5) is 0 Å². The molecule has 0 aromatic heterocycles. The summed E-state index contributed by atoms with van der Waals surface area (Å²) in [5, 5.41) is 17.5. The Morgan fingerprint density at radius 1 is 0.896 bits per heavy atom. The average molecular weight is 659 g/mol. The second-order valence-corrected chi connectivity index (χ2v) is 19.0. The van der Waals surface area contributed by atoms with Gasteiger partial charge in [0.05, 0.1) is 11.7 Å². The molecule has 1 aromatic carbocycles. The zero-order valence-corrected chi connectivity index (χ0v) is 31.3. The largest absolute Gasteiger partial charge is 0.478 e. The van der Waals surface area contributed by atoms with Gasteiger partial charge in [0, 0.05) is 31.8 Å². The Hall–Kier alpha value is -1.69. The number of aromatic carboxylic acids is 1. The van der Waals surface area contributed by atoms with Crippen molar-refractivity contribution >= 4 is 11.5 Å². The highest BCUT2D eigenvalue weighted by Crippen LogP contribution is 2.76. The number of nitrogens with one attached hydrogen (secondary N) is 2. The van der Waals surface area contributed by atoms with Crippen molar-refractivity contribution in [2.24, 2.45) is 57.2 Å². The van der Waals surface area contributed by atoms with E-state index in [-0.39, 0.29) is 10.8 Å². The maximum atomic E-state index is 11.6. The molecule has 0 spiro atoms. The molecule has 1 saturated heterocycles. The van der Waals surface area contributed by atoms with Crippen molar-refractivity contribution in [2.75, 3.05) is 26.2 Å². The van der Waals surface area contributed by atoms with Crippen molar-refractivity contribution in [1.29, 1.82) is 0 Å². The van der Waals surface area contributed by atoms with E-state index in [4.69, 9.17) is 4.74 Å². The van der Waals surface area contributed by atoms with E-state index in [1.165, 1.54) is 75.3 Å². The SMILES string of the molecule is CC(C)[C@@H]1CC[C@]2(NCCNC[C@@H]3CCCO3)CC[C@]3(C)[C@H](CC[C@@H]4[C@@]5(C)CC=C(c6ccc(C(=O)O)cc6)C(C)(C)[C@@H]5CC[C@]43C)[C@@H]12. The van der Waals surface area contributed by atoms with Crippen LogP contribution in [0.5, 0.6) is 0 Å². The summed E-state index contributed by atoms with van der Waals surface area (Å²) in [7, 11) is 0. The number of carboxylic acid groups (broad SMARTS) is 1. The molecule has 3 N–H and O–H groups in total. The van der Waals surface area contributed by atoms with Gasteiger partial charge in [-0.05, 0) is 151 Å². The van der Waals surface area contributed by atoms with Crippen LogP contribution in [0.3, 0.4) is 0 Å². The van der Waals surface area contributed by atoms with Crippen molar-refractivity contribution in [3.8, 4) is 0 Å². The summed E-state index contributed by atoms with van der Waals surface area (Å²) in [6, 6.07) is 7.67. The van der Waals surface area contributed by atoms with Gasteiger partial charge in [0.15, 0.2) is 0 Å². The molecule has 0 unspecified atom stereocenters. The monoisotopic (exact) mass is 659 g/mol. The number of carboxylic acids is 1. The van der Waals surface area contributed by atoms with Crippen LogP contribution in [0.25, 0.3) is 5.57 Å². The Kier molecular flexibility index (Phi) is 9.06. The van der Waals surface area contributed by atoms with Crippen molar-refractivity contribution in [2.45, 2.75) is 131 Å². The molecule has 0 amide bonds. The van der Waals surface area contributed by atoms with Gasteiger partial charge in [-0.3, -0.25) is 0 Å². The molecule has 1 aliphatic heterocycles. The van der Waals surface area contributed by atoms with Crippen LogP contribution in [0.15, 0.2) is 30.3 Å². The van der Waals surface area contributed by atoms with E-state index in [0.29, 0.717) is 34.0 Å². The van der Waals surface area contributed by atoms with Crippen molar-refractivity contribution in [1.82, 2.24) is 10.6 Å². The zero-order valence-electron chi connectivity index (χ0n) is 31.3. The van der Waals surface area contributed by atoms with Crippen LogP contribution in [0.1, 0.15) is 135 Å². The van der Waals surface area contributed by atoms with E-state index in [0.717, 1.165) is 62.3 Å². The van der Waals surface area contributed by atoms with Crippen LogP contribution in [-0.4, -0.2) is 49.0 Å². The molecule has 5 heteroatoms. The molecule has 5 aliphatic carbocycles. The number of benzene rings is 1. The molecule has 7 rings (SSSR count). The average Bonchev–Trinajstić information content (AvgIpc) is 3.70. The first-order valence-corrected chi connectivity index (χ1v) is 19.9. The van der Waals surface area contributed by atoms with Crippen molar-refractivity contribution < 1.29 is 14.6 Å². The van der Waals surface area contributed by atoms with Crippen molar-refractivity contribution in [3.05, 3.63) is 41.5 Å². The molecule has 0 radical (unpaired) electrons. The van der Waals surface area contributed by atoms with Gasteiger partial charge in [0.2, 0.25) is 0 Å². The topological polar surface area (TPSA) is 70.6 Å². The lowest BCUT2D eigenvalue weighted by Crippen LogP contribution is -2.68. The normalized spacial score (nSPS) is 43.2. The second kappa shape index (κ2) is 12.5. The first kappa shape index (κ1) is 34.7. The molecule has 5 fully saturated rings. The molecule has 0 bridgehead atoms. The Morgan fingerprint density at radius 3 is 2.35 bits per heavy atom. The number of rotatable bonds is 9. The Bertz CT molecular complexity index is 1380. The van der Waals surface area contributed by atoms with E-state index < -0.39 is 5.97 Å². The first-order valence-electron chi connectivity index (χ1n) is 19.9. The summed E-state index contributed by atoms with van der Waals surface area (Å²) in [6.45, 7) is 22.3. The number of allylic oxidation sites excluding steroid dienone is 2. The van der Waals surface area contributed by atoms with E-state index >= 15 is 0 Å². The maximum absolute atomic E-state index is 11.6. The van der Waals surface area contributed by atoms with Gasteiger partial charge in [-0.25, -0.2) is 4.79 Å². The van der Waals surface area contributed by atoms with Gasteiger partial charge in [0.1, 0.15) is 0 Å². The van der Waals surface area contributed by atoms with Gasteiger partial charge in [-0.2, -0.15) is 0 Å². The Morgan fingerprint density at radius 2 is 1.67 bits per heavy atom. The van der Waals surface area contributed by atoms with E-state index in [1.54, 1.807) is 12.1 Å². The van der Waals surface area contributed by atoms with Crippen LogP contribution in [-0.2, 0) is 4.74 Å². The van der Waals surface area contributed by atoms with Crippen LogP contribution in [0.2, 0.25) is 0 Å². The van der Waals surface area contributed by atoms with Crippen molar-refractivity contribution in [3.63, 3.8) is 0 Å². The molecule has 10 atom stereocenters. The fourth-order valence-corrected chi connectivity index (χ4v) is 14.1. The van der Waals surface area contributed by atoms with Gasteiger partial charge >= 0.3 is 5.97 Å². The third-order valence-corrected chi connectivity index (χ3v) is 16.5. The molecule has 1 heterocycles. The number of hydrogen-bond acceptors (Lipinski definition) is 4. The number of fused-ring (bicyclic) bond motifs is 7. The van der Waals surface area contributed by atoms with Gasteiger partial charge < -0.3 is 20.5 Å². The molecule has 4 saturated carbocycles. The predicted octanol–water partition coefficient (Wildman–Crippen LogP) is 9.23. The molecule has 6 aliphatic rings. The quantitative estimate of drug-likeness (QED) is 0.231. The molecule has 48 heavy (non-hydrogen) atoms. The van der Waals surface area contributed by atoms with E-state index in [9.17, 15) is 9.90 Å². The summed E-state index contributed by atoms with van der Waals surface area (Å²) in [5.74, 6) is 3.65. The summed E-state index contributed by atoms with van der Waals surface area (Å²) in [4.78, 5) is 11.6. The smallest absolute Gasteiger partial charge is 0.335 e. The standard InChI is InChI=1S/C43H66N2O3/c1-28(2)32-16-21-43(45-25-24-44-27-31-9-8-26-48-31)23-22-41(6)34(37(32)43)14-15-36-40(5)19-17-33(29-10-12-30(13-11-29)38(46)47)39(3,4)35(40)18-20-42(36,41)7/h10-13,17,28,31-32,34-37,44-45H,8-9,14-16,18-27H2,1-7H3,(H,46,47)/t31-,32-,34+,35-,36+,37+,40-,41+,42+,43-/m0/s1. The fraction of sp³-hybridized carbons (Fsp3) is 0.791. The van der Waals surface area contributed by atoms with Gasteiger partial charge in [0.25, 0.3) is 0 Å². The van der Waals surface area contributed by atoms with E-state index in [1.807, 2.05) is 12.1 Å². The van der Waals surface area contributed by atoms with Crippen LogP contribution in [0, 0.1) is 57.2 Å². The molecular weight excluding hydrogens is 592 g/mol. The molecule has 266 valence electrons. The maximum Gasteiger partial charge on any atom is 0.335 e. The summed E-state index contributed by atoms with van der Waals surface area (Å²) >= 11 is 0. The lowest BCUT2D eigenvalue weighted by molar-refractivity contribution is -0.221. The first-order chi connectivity index (χ1) is 22.8. The van der Waals surface area contributed by atoms with Crippen LogP contribution < -0.4 is 10.6 Å². The fourth-order valence-electron chi connectivity index (χ4n) is 14.1. The Balaban J connectivity index is 1.13. The third-order valence-electron chi connectivity index (χ3n) is 16.5. The van der Waals surface area contributed by atoms with E-state index in [2.05, 4.69) is 65.2 Å².